The van der Waals surface area contributed by atoms with E-state index < -0.39 is 11.6 Å². The highest BCUT2D eigenvalue weighted by molar-refractivity contribution is 7.80. The number of thiol groups is 1. The zero-order valence-electron chi connectivity index (χ0n) is 9.41. The molecule has 1 saturated heterocycles. The van der Waals surface area contributed by atoms with E-state index in [9.17, 15) is 13.6 Å². The molecule has 1 fully saturated rings. The molecule has 2 rings (SSSR count). The third-order valence-electron chi connectivity index (χ3n) is 3.04. The molecule has 1 atom stereocenters. The van der Waals surface area contributed by atoms with Crippen molar-refractivity contribution in [2.24, 2.45) is 5.92 Å². The van der Waals surface area contributed by atoms with Gasteiger partial charge in [-0.1, -0.05) is 0 Å². The summed E-state index contributed by atoms with van der Waals surface area (Å²) in [6.07, 6.45) is 0.389. The van der Waals surface area contributed by atoms with Crippen LogP contribution in [0.15, 0.2) is 12.1 Å². The first-order valence-corrected chi connectivity index (χ1v) is 6.03. The summed E-state index contributed by atoms with van der Waals surface area (Å²) in [4.78, 5) is 13.1. The molecule has 0 radical (unpaired) electrons. The number of benzene rings is 1. The zero-order chi connectivity index (χ0) is 12.6. The van der Waals surface area contributed by atoms with Crippen LogP contribution in [-0.4, -0.2) is 18.2 Å². The van der Waals surface area contributed by atoms with E-state index in [-0.39, 0.29) is 17.4 Å². The van der Waals surface area contributed by atoms with E-state index in [1.807, 2.05) is 0 Å². The van der Waals surface area contributed by atoms with Crippen LogP contribution >= 0.6 is 12.6 Å². The molecule has 1 aliphatic rings. The van der Waals surface area contributed by atoms with E-state index in [2.05, 4.69) is 12.6 Å². The van der Waals surface area contributed by atoms with Gasteiger partial charge in [0.1, 0.15) is 11.6 Å². The van der Waals surface area contributed by atoms with E-state index in [0.717, 1.165) is 0 Å². The molecule has 1 heterocycles. The molecule has 92 valence electrons. The minimum atomic E-state index is -0.623. The molecule has 17 heavy (non-hydrogen) atoms. The number of anilines is 1. The summed E-state index contributed by atoms with van der Waals surface area (Å²) in [5.74, 6) is -0.604. The van der Waals surface area contributed by atoms with Gasteiger partial charge in [0.2, 0.25) is 5.91 Å². The van der Waals surface area contributed by atoms with Crippen molar-refractivity contribution in [3.63, 3.8) is 0 Å². The van der Waals surface area contributed by atoms with Gasteiger partial charge in [-0.3, -0.25) is 4.79 Å². The van der Waals surface area contributed by atoms with Gasteiger partial charge in [-0.05, 0) is 30.7 Å². The van der Waals surface area contributed by atoms with Crippen molar-refractivity contribution in [2.45, 2.75) is 13.3 Å². The molecule has 0 spiro atoms. The van der Waals surface area contributed by atoms with Crippen LogP contribution in [0.5, 0.6) is 0 Å². The van der Waals surface area contributed by atoms with Crippen molar-refractivity contribution in [3.8, 4) is 0 Å². The normalized spacial score (nSPS) is 20.1. The van der Waals surface area contributed by atoms with Crippen molar-refractivity contribution in [2.75, 3.05) is 17.2 Å². The van der Waals surface area contributed by atoms with Crippen molar-refractivity contribution in [3.05, 3.63) is 29.3 Å². The predicted molar refractivity (Wildman–Crippen MR) is 65.4 cm³/mol. The van der Waals surface area contributed by atoms with Gasteiger partial charge in [-0.25, -0.2) is 8.78 Å². The molecular weight excluding hydrogens is 244 g/mol. The molecule has 5 heteroatoms. The maximum atomic E-state index is 13.4. The second-order valence-electron chi connectivity index (χ2n) is 4.29. The van der Waals surface area contributed by atoms with E-state index in [0.29, 0.717) is 24.4 Å². The summed E-state index contributed by atoms with van der Waals surface area (Å²) in [7, 11) is 0. The molecule has 0 bridgehead atoms. The molecule has 0 aliphatic carbocycles. The fraction of sp³-hybridized carbons (Fsp3) is 0.417. The summed E-state index contributed by atoms with van der Waals surface area (Å²) in [6.45, 7) is 1.85. The van der Waals surface area contributed by atoms with Gasteiger partial charge in [-0.15, -0.1) is 0 Å². The van der Waals surface area contributed by atoms with Crippen LogP contribution in [0.4, 0.5) is 14.5 Å². The van der Waals surface area contributed by atoms with Crippen molar-refractivity contribution in [1.82, 2.24) is 0 Å². The highest BCUT2D eigenvalue weighted by Gasteiger charge is 2.30. The maximum absolute atomic E-state index is 13.4. The van der Waals surface area contributed by atoms with Gasteiger partial charge in [0, 0.05) is 24.2 Å². The van der Waals surface area contributed by atoms with Crippen LogP contribution in [-0.2, 0) is 4.79 Å². The Labute approximate surface area is 104 Å². The van der Waals surface area contributed by atoms with Gasteiger partial charge in [0.25, 0.3) is 0 Å². The predicted octanol–water partition coefficient (Wildman–Crippen LogP) is 2.56. The highest BCUT2D eigenvalue weighted by Crippen LogP contribution is 2.28. The summed E-state index contributed by atoms with van der Waals surface area (Å²) < 4.78 is 26.8. The molecule has 1 aromatic carbocycles. The summed E-state index contributed by atoms with van der Waals surface area (Å²) >= 11 is 4.14. The third-order valence-corrected chi connectivity index (χ3v) is 3.56. The first-order chi connectivity index (χ1) is 8.02. The van der Waals surface area contributed by atoms with Gasteiger partial charge < -0.3 is 4.90 Å². The number of halogens is 2. The largest absolute Gasteiger partial charge is 0.312 e. The topological polar surface area (TPSA) is 20.3 Å². The average molecular weight is 257 g/mol. The Bertz CT molecular complexity index is 441. The lowest BCUT2D eigenvalue weighted by atomic mass is 10.1. The Morgan fingerprint density at radius 2 is 2.00 bits per heavy atom. The van der Waals surface area contributed by atoms with E-state index in [1.54, 1.807) is 0 Å². The fourth-order valence-corrected chi connectivity index (χ4v) is 2.19. The van der Waals surface area contributed by atoms with Gasteiger partial charge in [0.05, 0.1) is 0 Å². The lowest BCUT2D eigenvalue weighted by molar-refractivity contribution is -0.117. The second-order valence-corrected chi connectivity index (χ2v) is 4.66. The number of amides is 1. The summed E-state index contributed by atoms with van der Waals surface area (Å²) in [6, 6.07) is 2.41. The van der Waals surface area contributed by atoms with Gasteiger partial charge in [0.15, 0.2) is 0 Å². The summed E-state index contributed by atoms with van der Waals surface area (Å²) in [5, 5.41) is 0. The summed E-state index contributed by atoms with van der Waals surface area (Å²) in [5.41, 5.74) is 0.269. The molecular formula is C12H13F2NOS. The first kappa shape index (κ1) is 12.4. The van der Waals surface area contributed by atoms with Crippen LogP contribution in [0.2, 0.25) is 0 Å². The van der Waals surface area contributed by atoms with Crippen molar-refractivity contribution < 1.29 is 13.6 Å². The molecule has 1 amide bonds. The number of nitrogens with zero attached hydrogens (tertiary/aromatic N) is 1. The Hall–Kier alpha value is -1.10. The number of hydrogen-bond acceptors (Lipinski definition) is 2. The molecule has 0 saturated carbocycles. The molecule has 0 N–H and O–H groups in total. The van der Waals surface area contributed by atoms with Crippen LogP contribution in [0.1, 0.15) is 12.0 Å². The fourth-order valence-electron chi connectivity index (χ4n) is 1.94. The highest BCUT2D eigenvalue weighted by atomic mass is 32.1. The van der Waals surface area contributed by atoms with Crippen molar-refractivity contribution >= 4 is 24.2 Å². The minimum Gasteiger partial charge on any atom is -0.312 e. The monoisotopic (exact) mass is 257 g/mol. The first-order valence-electron chi connectivity index (χ1n) is 5.39. The lowest BCUT2D eigenvalue weighted by Crippen LogP contribution is -2.25. The molecule has 0 aromatic heterocycles. The standard InChI is InChI=1S/C12H13F2NOS/c1-7-10(13)3-9(4-11(7)14)15-5-8(6-17)2-12(15)16/h3-4,8,17H,2,5-6H2,1H3. The van der Waals surface area contributed by atoms with Gasteiger partial charge in [-0.2, -0.15) is 12.6 Å². The number of rotatable bonds is 2. The third kappa shape index (κ3) is 2.29. The van der Waals surface area contributed by atoms with E-state index >= 15 is 0 Å². The lowest BCUT2D eigenvalue weighted by Gasteiger charge is -2.17. The Kier molecular flexibility index (Phi) is 3.38. The number of hydrogen-bond donors (Lipinski definition) is 1. The van der Waals surface area contributed by atoms with Gasteiger partial charge >= 0.3 is 0 Å². The molecule has 1 aromatic rings. The molecule has 1 aliphatic heterocycles. The number of carbonyl (C=O) groups excluding carboxylic acids is 1. The van der Waals surface area contributed by atoms with E-state index in [1.165, 1.54) is 24.0 Å². The minimum absolute atomic E-state index is 0.0221. The zero-order valence-corrected chi connectivity index (χ0v) is 10.3. The Morgan fingerprint density at radius 1 is 1.41 bits per heavy atom. The Morgan fingerprint density at radius 3 is 2.47 bits per heavy atom. The maximum Gasteiger partial charge on any atom is 0.227 e. The molecule has 1 unspecified atom stereocenters. The molecule has 2 nitrogen and oxygen atoms in total. The smallest absolute Gasteiger partial charge is 0.227 e. The second kappa shape index (κ2) is 4.64. The van der Waals surface area contributed by atoms with Crippen LogP contribution in [0, 0.1) is 24.5 Å². The van der Waals surface area contributed by atoms with Crippen molar-refractivity contribution in [1.29, 1.82) is 0 Å². The SMILES string of the molecule is Cc1c(F)cc(N2CC(CS)CC2=O)cc1F. The quantitative estimate of drug-likeness (QED) is 0.807. The van der Waals surface area contributed by atoms with Crippen LogP contribution in [0.25, 0.3) is 0 Å². The average Bonchev–Trinajstić information content (AvgIpc) is 2.67. The number of carbonyl (C=O) groups is 1. The Balaban J connectivity index is 2.32. The van der Waals surface area contributed by atoms with Crippen LogP contribution < -0.4 is 4.90 Å². The van der Waals surface area contributed by atoms with Crippen LogP contribution in [0.3, 0.4) is 0 Å². The van der Waals surface area contributed by atoms with E-state index in [4.69, 9.17) is 0 Å².